The van der Waals surface area contributed by atoms with Crippen molar-refractivity contribution < 1.29 is 0 Å². The van der Waals surface area contributed by atoms with Gasteiger partial charge in [0.15, 0.2) is 0 Å². The van der Waals surface area contributed by atoms with Crippen LogP contribution in [0, 0.1) is 0 Å². The number of hydrogen-bond acceptors (Lipinski definition) is 2. The maximum absolute atomic E-state index is 3.36. The Balaban J connectivity index is 0.000000161. The van der Waals surface area contributed by atoms with Crippen molar-refractivity contribution in [2.75, 3.05) is 10.6 Å². The monoisotopic (exact) mass is 366 g/mol. The average molecular weight is 367 g/mol. The Bertz CT molecular complexity index is 734. The van der Waals surface area contributed by atoms with Crippen molar-refractivity contribution in [3.05, 3.63) is 132 Å². The van der Waals surface area contributed by atoms with Gasteiger partial charge in [-0.25, -0.2) is 0 Å². The second-order valence-corrected chi connectivity index (χ2v) is 6.41. The number of rotatable bonds is 6. The summed E-state index contributed by atoms with van der Waals surface area (Å²) >= 11 is 0. The minimum absolute atomic E-state index is 0.880. The van der Waals surface area contributed by atoms with Gasteiger partial charge in [-0.05, 0) is 35.4 Å². The first kappa shape index (κ1) is 19.2. The third-order valence-corrected chi connectivity index (χ3v) is 4.23. The van der Waals surface area contributed by atoms with Crippen molar-refractivity contribution in [1.82, 2.24) is 0 Å². The standard InChI is InChI=1S/2C13H13N/c2*1-3-7-12(8-4-1)11-14-13-9-5-2-6-10-13/h2*1-10,14H,11H2. The minimum atomic E-state index is 0.880. The summed E-state index contributed by atoms with van der Waals surface area (Å²) in [6.45, 7) is 1.76. The molecule has 2 heteroatoms. The molecule has 0 bridgehead atoms. The zero-order chi connectivity index (χ0) is 19.3. The van der Waals surface area contributed by atoms with E-state index in [-0.39, 0.29) is 0 Å². The van der Waals surface area contributed by atoms with Crippen LogP contribution in [0.5, 0.6) is 0 Å². The molecule has 0 aliphatic heterocycles. The summed E-state index contributed by atoms with van der Waals surface area (Å²) in [7, 11) is 0. The molecule has 4 aromatic carbocycles. The van der Waals surface area contributed by atoms with Crippen molar-refractivity contribution in [2.24, 2.45) is 0 Å². The fraction of sp³-hybridized carbons (Fsp3) is 0.0769. The molecular formula is C26H26N2. The minimum Gasteiger partial charge on any atom is -0.381 e. The van der Waals surface area contributed by atoms with Crippen LogP contribution >= 0.6 is 0 Å². The van der Waals surface area contributed by atoms with Crippen molar-refractivity contribution in [1.29, 1.82) is 0 Å². The Morgan fingerprint density at radius 1 is 0.357 bits per heavy atom. The molecule has 0 saturated heterocycles. The molecule has 0 aromatic heterocycles. The predicted octanol–water partition coefficient (Wildman–Crippen LogP) is 6.60. The second kappa shape index (κ2) is 11.2. The highest BCUT2D eigenvalue weighted by molar-refractivity contribution is 5.43. The quantitative estimate of drug-likeness (QED) is 0.402. The lowest BCUT2D eigenvalue weighted by molar-refractivity contribution is 1.15. The molecule has 0 aliphatic carbocycles. The van der Waals surface area contributed by atoms with Crippen molar-refractivity contribution in [3.63, 3.8) is 0 Å². The van der Waals surface area contributed by atoms with Gasteiger partial charge >= 0.3 is 0 Å². The van der Waals surface area contributed by atoms with Gasteiger partial charge in [-0.3, -0.25) is 0 Å². The third kappa shape index (κ3) is 7.00. The lowest BCUT2D eigenvalue weighted by Crippen LogP contribution is -1.98. The molecule has 28 heavy (non-hydrogen) atoms. The summed E-state index contributed by atoms with van der Waals surface area (Å²) in [4.78, 5) is 0. The van der Waals surface area contributed by atoms with Gasteiger partial charge in [0.05, 0.1) is 0 Å². The van der Waals surface area contributed by atoms with E-state index >= 15 is 0 Å². The molecule has 0 radical (unpaired) electrons. The molecule has 0 heterocycles. The average Bonchev–Trinajstić information content (AvgIpc) is 2.80. The highest BCUT2D eigenvalue weighted by atomic mass is 14.9. The summed E-state index contributed by atoms with van der Waals surface area (Å²) in [6.07, 6.45) is 0. The first-order chi connectivity index (χ1) is 13.9. The molecule has 0 spiro atoms. The zero-order valence-corrected chi connectivity index (χ0v) is 16.0. The maximum atomic E-state index is 3.36. The molecule has 0 aliphatic rings. The van der Waals surface area contributed by atoms with Gasteiger partial charge in [0, 0.05) is 24.5 Å². The van der Waals surface area contributed by atoms with Crippen LogP contribution < -0.4 is 10.6 Å². The van der Waals surface area contributed by atoms with Crippen LogP contribution in [0.25, 0.3) is 0 Å². The van der Waals surface area contributed by atoms with E-state index in [1.165, 1.54) is 11.1 Å². The molecule has 2 nitrogen and oxygen atoms in total. The SMILES string of the molecule is c1ccc(CNc2ccccc2)cc1.c1ccc(CNc2ccccc2)cc1. The summed E-state index contributed by atoms with van der Waals surface area (Å²) < 4.78 is 0. The third-order valence-electron chi connectivity index (χ3n) is 4.23. The number of nitrogens with one attached hydrogen (secondary N) is 2. The number of benzene rings is 4. The summed E-state index contributed by atoms with van der Waals surface area (Å²) in [5, 5.41) is 6.72. The summed E-state index contributed by atoms with van der Waals surface area (Å²) in [6, 6.07) is 41.3. The first-order valence-electron chi connectivity index (χ1n) is 9.56. The van der Waals surface area contributed by atoms with Crippen LogP contribution in [0.4, 0.5) is 11.4 Å². The second-order valence-electron chi connectivity index (χ2n) is 6.41. The van der Waals surface area contributed by atoms with E-state index in [0.29, 0.717) is 0 Å². The van der Waals surface area contributed by atoms with E-state index in [0.717, 1.165) is 24.5 Å². The Hall–Kier alpha value is -3.52. The summed E-state index contributed by atoms with van der Waals surface area (Å²) in [5.74, 6) is 0. The maximum Gasteiger partial charge on any atom is 0.0400 e. The molecule has 2 N–H and O–H groups in total. The van der Waals surface area contributed by atoms with E-state index in [4.69, 9.17) is 0 Å². The fourth-order valence-electron chi connectivity index (χ4n) is 2.71. The largest absolute Gasteiger partial charge is 0.381 e. The van der Waals surface area contributed by atoms with Crippen LogP contribution in [0.15, 0.2) is 121 Å². The molecule has 0 unspecified atom stereocenters. The van der Waals surface area contributed by atoms with Crippen LogP contribution in [0.3, 0.4) is 0 Å². The summed E-state index contributed by atoms with van der Waals surface area (Å²) in [5.41, 5.74) is 4.93. The molecule has 0 saturated carbocycles. The Morgan fingerprint density at radius 3 is 0.964 bits per heavy atom. The predicted molar refractivity (Wildman–Crippen MR) is 120 cm³/mol. The van der Waals surface area contributed by atoms with Gasteiger partial charge in [-0.2, -0.15) is 0 Å². The number of para-hydroxylation sites is 2. The fourth-order valence-corrected chi connectivity index (χ4v) is 2.71. The van der Waals surface area contributed by atoms with Gasteiger partial charge in [0.2, 0.25) is 0 Å². The van der Waals surface area contributed by atoms with Gasteiger partial charge in [-0.1, -0.05) is 97.1 Å². The van der Waals surface area contributed by atoms with Crippen molar-refractivity contribution in [2.45, 2.75) is 13.1 Å². The smallest absolute Gasteiger partial charge is 0.0400 e. The molecule has 140 valence electrons. The van der Waals surface area contributed by atoms with Gasteiger partial charge in [-0.15, -0.1) is 0 Å². The topological polar surface area (TPSA) is 24.1 Å². The molecule has 4 aromatic rings. The lowest BCUT2D eigenvalue weighted by Gasteiger charge is -2.05. The van der Waals surface area contributed by atoms with Crippen LogP contribution in [0.2, 0.25) is 0 Å². The molecule has 0 atom stereocenters. The molecule has 4 rings (SSSR count). The van der Waals surface area contributed by atoms with Crippen LogP contribution in [-0.4, -0.2) is 0 Å². The highest BCUT2D eigenvalue weighted by Crippen LogP contribution is 2.08. The van der Waals surface area contributed by atoms with E-state index in [1.807, 2.05) is 48.5 Å². The normalized spacial score (nSPS) is 9.71. The Kier molecular flexibility index (Phi) is 7.73. The van der Waals surface area contributed by atoms with E-state index in [1.54, 1.807) is 0 Å². The molecular weight excluding hydrogens is 340 g/mol. The van der Waals surface area contributed by atoms with Crippen LogP contribution in [0.1, 0.15) is 11.1 Å². The zero-order valence-electron chi connectivity index (χ0n) is 16.0. The van der Waals surface area contributed by atoms with Crippen molar-refractivity contribution >= 4 is 11.4 Å². The number of anilines is 2. The van der Waals surface area contributed by atoms with E-state index < -0.39 is 0 Å². The Morgan fingerprint density at radius 2 is 0.643 bits per heavy atom. The van der Waals surface area contributed by atoms with Crippen molar-refractivity contribution in [3.8, 4) is 0 Å². The molecule has 0 amide bonds. The van der Waals surface area contributed by atoms with Crippen LogP contribution in [-0.2, 0) is 13.1 Å². The first-order valence-corrected chi connectivity index (χ1v) is 9.56. The van der Waals surface area contributed by atoms with E-state index in [2.05, 4.69) is 83.4 Å². The molecule has 0 fully saturated rings. The Labute approximate surface area is 167 Å². The van der Waals surface area contributed by atoms with Gasteiger partial charge in [0.25, 0.3) is 0 Å². The van der Waals surface area contributed by atoms with E-state index in [9.17, 15) is 0 Å². The lowest BCUT2D eigenvalue weighted by atomic mass is 10.2. The highest BCUT2D eigenvalue weighted by Gasteiger charge is 1.92. The van der Waals surface area contributed by atoms with Gasteiger partial charge in [0.1, 0.15) is 0 Å². The van der Waals surface area contributed by atoms with Gasteiger partial charge < -0.3 is 10.6 Å². The number of hydrogen-bond donors (Lipinski definition) is 2.